The molecule has 8 heteroatoms. The van der Waals surface area contributed by atoms with Gasteiger partial charge in [0.1, 0.15) is 11.9 Å². The predicted octanol–water partition coefficient (Wildman–Crippen LogP) is 4.49. The molecule has 0 aliphatic rings. The summed E-state index contributed by atoms with van der Waals surface area (Å²) in [4.78, 5) is 15.9. The van der Waals surface area contributed by atoms with E-state index >= 15 is 0 Å². The first-order chi connectivity index (χ1) is 14.0. The number of H-pyrrole nitrogens is 1. The number of imidazole rings is 1. The van der Waals surface area contributed by atoms with Crippen LogP contribution in [0.15, 0.2) is 36.8 Å². The van der Waals surface area contributed by atoms with Gasteiger partial charge in [-0.2, -0.15) is 5.26 Å². The first kappa shape index (κ1) is 18.7. The van der Waals surface area contributed by atoms with E-state index in [1.807, 2.05) is 36.6 Å². The van der Waals surface area contributed by atoms with Crippen LogP contribution < -0.4 is 4.74 Å². The summed E-state index contributed by atoms with van der Waals surface area (Å²) in [7, 11) is 1.55. The van der Waals surface area contributed by atoms with E-state index in [0.29, 0.717) is 27.8 Å². The number of nitrogens with one attached hydrogen (secondary N) is 1. The van der Waals surface area contributed by atoms with Crippen LogP contribution in [0.3, 0.4) is 0 Å². The van der Waals surface area contributed by atoms with Crippen LogP contribution in [-0.2, 0) is 0 Å². The SMILES string of the molecule is COc1cc2nc(C(C#N)=Cc3cc(C)n(-c4ccncc4Cl)c3C)[nH]c2cn1. The van der Waals surface area contributed by atoms with Crippen LogP contribution >= 0.6 is 11.6 Å². The van der Waals surface area contributed by atoms with Crippen LogP contribution in [-0.4, -0.2) is 31.6 Å². The monoisotopic (exact) mass is 404 g/mol. The fourth-order valence-electron chi connectivity index (χ4n) is 3.29. The number of methoxy groups -OCH3 is 1. The molecule has 0 amide bonds. The highest BCUT2D eigenvalue weighted by molar-refractivity contribution is 6.32. The molecule has 0 atom stereocenters. The summed E-state index contributed by atoms with van der Waals surface area (Å²) < 4.78 is 7.17. The number of aromatic nitrogens is 5. The van der Waals surface area contributed by atoms with Crippen molar-refractivity contribution in [3.8, 4) is 17.6 Å². The molecule has 29 heavy (non-hydrogen) atoms. The quantitative estimate of drug-likeness (QED) is 0.506. The smallest absolute Gasteiger partial charge is 0.215 e. The lowest BCUT2D eigenvalue weighted by Gasteiger charge is -2.10. The van der Waals surface area contributed by atoms with E-state index in [9.17, 15) is 5.26 Å². The van der Waals surface area contributed by atoms with Crippen molar-refractivity contribution in [1.82, 2.24) is 24.5 Å². The average molecular weight is 405 g/mol. The Labute approximate surface area is 172 Å². The highest BCUT2D eigenvalue weighted by atomic mass is 35.5. The predicted molar refractivity (Wildman–Crippen MR) is 112 cm³/mol. The van der Waals surface area contributed by atoms with Crippen molar-refractivity contribution in [2.24, 2.45) is 0 Å². The molecule has 0 radical (unpaired) electrons. The van der Waals surface area contributed by atoms with Crippen LogP contribution in [0.4, 0.5) is 0 Å². The minimum absolute atomic E-state index is 0.418. The third-order valence-corrected chi connectivity index (χ3v) is 4.98. The van der Waals surface area contributed by atoms with Crippen molar-refractivity contribution in [2.45, 2.75) is 13.8 Å². The Morgan fingerprint density at radius 3 is 2.86 bits per heavy atom. The minimum Gasteiger partial charge on any atom is -0.481 e. The first-order valence-electron chi connectivity index (χ1n) is 8.82. The third-order valence-electron chi connectivity index (χ3n) is 4.69. The molecule has 0 aliphatic heterocycles. The number of nitriles is 1. The van der Waals surface area contributed by atoms with Crippen LogP contribution in [0.25, 0.3) is 28.4 Å². The van der Waals surface area contributed by atoms with Gasteiger partial charge in [-0.25, -0.2) is 9.97 Å². The number of hydrogen-bond acceptors (Lipinski definition) is 5. The highest BCUT2D eigenvalue weighted by Crippen LogP contribution is 2.28. The maximum Gasteiger partial charge on any atom is 0.215 e. The van der Waals surface area contributed by atoms with Crippen molar-refractivity contribution < 1.29 is 4.74 Å². The zero-order chi connectivity index (χ0) is 20.5. The maximum absolute atomic E-state index is 9.74. The third kappa shape index (κ3) is 3.35. The lowest BCUT2D eigenvalue weighted by molar-refractivity contribution is 0.398. The number of hydrogen-bond donors (Lipinski definition) is 1. The Balaban J connectivity index is 1.80. The Morgan fingerprint density at radius 1 is 1.31 bits per heavy atom. The number of nitrogens with zero attached hydrogens (tertiary/aromatic N) is 5. The number of pyridine rings is 2. The van der Waals surface area contributed by atoms with Crippen molar-refractivity contribution in [1.29, 1.82) is 5.26 Å². The molecular formula is C21H17ClN6O. The van der Waals surface area contributed by atoms with Gasteiger partial charge in [-0.15, -0.1) is 0 Å². The van der Waals surface area contributed by atoms with E-state index in [-0.39, 0.29) is 0 Å². The summed E-state index contributed by atoms with van der Waals surface area (Å²) in [5.41, 5.74) is 5.54. The molecule has 0 spiro atoms. The van der Waals surface area contributed by atoms with E-state index < -0.39 is 0 Å². The molecule has 4 rings (SSSR count). The standard InChI is InChI=1S/C21H17ClN6O/c1-12-6-14(13(2)28(12)19-4-5-24-10-16(19)22)7-15(9-23)21-26-17-8-20(29-3)25-11-18(17)27-21/h4-8,10-11H,1-3H3,(H,26,27). The van der Waals surface area contributed by atoms with E-state index in [4.69, 9.17) is 16.3 Å². The van der Waals surface area contributed by atoms with Crippen molar-refractivity contribution in [2.75, 3.05) is 7.11 Å². The van der Waals surface area contributed by atoms with Crippen LogP contribution in [0.2, 0.25) is 5.02 Å². The molecule has 7 nitrogen and oxygen atoms in total. The summed E-state index contributed by atoms with van der Waals surface area (Å²) in [6, 6.07) is 7.83. The van der Waals surface area contributed by atoms with Gasteiger partial charge in [-0.3, -0.25) is 4.98 Å². The summed E-state index contributed by atoms with van der Waals surface area (Å²) in [5.74, 6) is 0.945. The molecule has 1 N–H and O–H groups in total. The second-order valence-electron chi connectivity index (χ2n) is 6.49. The number of fused-ring (bicyclic) bond motifs is 1. The van der Waals surface area contributed by atoms with Gasteiger partial charge in [0.2, 0.25) is 5.88 Å². The lowest BCUT2D eigenvalue weighted by atomic mass is 10.1. The second-order valence-corrected chi connectivity index (χ2v) is 6.90. The number of allylic oxidation sites excluding steroid dienone is 1. The van der Waals surface area contributed by atoms with Gasteiger partial charge < -0.3 is 14.3 Å². The number of aryl methyl sites for hydroxylation is 1. The molecule has 0 saturated carbocycles. The summed E-state index contributed by atoms with van der Waals surface area (Å²) in [6.45, 7) is 3.98. The molecule has 0 saturated heterocycles. The topological polar surface area (TPSA) is 92.4 Å². The van der Waals surface area contributed by atoms with E-state index in [2.05, 4.69) is 26.0 Å². The largest absolute Gasteiger partial charge is 0.481 e. The van der Waals surface area contributed by atoms with E-state index in [1.165, 1.54) is 0 Å². The molecule has 4 aromatic heterocycles. The van der Waals surface area contributed by atoms with E-state index in [0.717, 1.165) is 28.2 Å². The average Bonchev–Trinajstić information content (AvgIpc) is 3.26. The van der Waals surface area contributed by atoms with Gasteiger partial charge in [-0.05, 0) is 37.6 Å². The fraction of sp³-hybridized carbons (Fsp3) is 0.143. The summed E-state index contributed by atoms with van der Waals surface area (Å²) in [5, 5.41) is 10.3. The number of ether oxygens (including phenoxy) is 1. The zero-order valence-corrected chi connectivity index (χ0v) is 16.8. The van der Waals surface area contributed by atoms with Gasteiger partial charge in [-0.1, -0.05) is 11.6 Å². The van der Waals surface area contributed by atoms with Gasteiger partial charge in [0.25, 0.3) is 0 Å². The molecular weight excluding hydrogens is 388 g/mol. The highest BCUT2D eigenvalue weighted by Gasteiger charge is 2.15. The lowest BCUT2D eigenvalue weighted by Crippen LogP contribution is -2.00. The van der Waals surface area contributed by atoms with Gasteiger partial charge in [0.05, 0.1) is 40.6 Å². The molecule has 0 bridgehead atoms. The molecule has 0 unspecified atom stereocenters. The molecule has 0 fully saturated rings. The molecule has 0 aliphatic carbocycles. The maximum atomic E-state index is 9.74. The number of halogens is 1. The summed E-state index contributed by atoms with van der Waals surface area (Å²) >= 11 is 6.33. The van der Waals surface area contributed by atoms with Crippen LogP contribution in [0.5, 0.6) is 5.88 Å². The number of aromatic amines is 1. The van der Waals surface area contributed by atoms with Gasteiger partial charge >= 0.3 is 0 Å². The zero-order valence-electron chi connectivity index (χ0n) is 16.1. The summed E-state index contributed by atoms with van der Waals surface area (Å²) in [6.07, 6.45) is 6.77. The minimum atomic E-state index is 0.418. The van der Waals surface area contributed by atoms with Crippen LogP contribution in [0, 0.1) is 25.2 Å². The molecule has 144 valence electrons. The van der Waals surface area contributed by atoms with Crippen molar-refractivity contribution in [3.63, 3.8) is 0 Å². The molecule has 4 heterocycles. The second kappa shape index (κ2) is 7.41. The fourth-order valence-corrected chi connectivity index (χ4v) is 3.50. The molecule has 4 aromatic rings. The van der Waals surface area contributed by atoms with Gasteiger partial charge in [0.15, 0.2) is 0 Å². The van der Waals surface area contributed by atoms with Gasteiger partial charge in [0, 0.05) is 29.8 Å². The Bertz CT molecular complexity index is 1290. The Morgan fingerprint density at radius 2 is 2.14 bits per heavy atom. The molecule has 0 aromatic carbocycles. The number of rotatable bonds is 4. The Hall–Kier alpha value is -3.63. The first-order valence-corrected chi connectivity index (χ1v) is 9.20. The van der Waals surface area contributed by atoms with Crippen molar-refractivity contribution >= 4 is 34.3 Å². The van der Waals surface area contributed by atoms with Crippen molar-refractivity contribution in [3.05, 3.63) is 64.6 Å². The normalized spacial score (nSPS) is 11.6. The van der Waals surface area contributed by atoms with E-state index in [1.54, 1.807) is 31.8 Å². The Kier molecular flexibility index (Phi) is 4.79. The van der Waals surface area contributed by atoms with Crippen LogP contribution in [0.1, 0.15) is 22.8 Å².